The zero-order valence-corrected chi connectivity index (χ0v) is 12.7. The lowest BCUT2D eigenvalue weighted by Crippen LogP contribution is -2.30. The standard InChI is InChI=1S/C16H15BrFNO/c1-2-19(11-12-6-4-3-5-7-12)16(20)13-8-9-15(18)14(17)10-13/h3-10H,2,11H2,1H3. The van der Waals surface area contributed by atoms with Gasteiger partial charge >= 0.3 is 0 Å². The summed E-state index contributed by atoms with van der Waals surface area (Å²) in [4.78, 5) is 14.2. The first-order chi connectivity index (χ1) is 9.61. The Morgan fingerprint density at radius 3 is 2.50 bits per heavy atom. The molecule has 2 nitrogen and oxygen atoms in total. The molecule has 0 N–H and O–H groups in total. The maximum Gasteiger partial charge on any atom is 0.254 e. The number of rotatable bonds is 4. The Morgan fingerprint density at radius 2 is 1.90 bits per heavy atom. The molecule has 0 aromatic heterocycles. The number of nitrogens with zero attached hydrogens (tertiary/aromatic N) is 1. The molecule has 0 spiro atoms. The van der Waals surface area contributed by atoms with E-state index in [2.05, 4.69) is 15.9 Å². The minimum Gasteiger partial charge on any atom is -0.335 e. The van der Waals surface area contributed by atoms with Gasteiger partial charge in [0.1, 0.15) is 5.82 Å². The first-order valence-electron chi connectivity index (χ1n) is 6.40. The van der Waals surface area contributed by atoms with Gasteiger partial charge in [-0.2, -0.15) is 0 Å². The number of halogens is 2. The van der Waals surface area contributed by atoms with Crippen LogP contribution in [-0.4, -0.2) is 17.4 Å². The van der Waals surface area contributed by atoms with Crippen molar-refractivity contribution in [2.75, 3.05) is 6.54 Å². The molecule has 0 fully saturated rings. The highest BCUT2D eigenvalue weighted by Gasteiger charge is 2.15. The average molecular weight is 336 g/mol. The molecule has 0 heterocycles. The summed E-state index contributed by atoms with van der Waals surface area (Å²) in [6.07, 6.45) is 0. The molecular weight excluding hydrogens is 321 g/mol. The van der Waals surface area contributed by atoms with Gasteiger partial charge in [0.15, 0.2) is 0 Å². The minimum absolute atomic E-state index is 0.1000. The molecule has 0 saturated heterocycles. The molecule has 0 atom stereocenters. The van der Waals surface area contributed by atoms with E-state index in [0.717, 1.165) is 5.56 Å². The van der Waals surface area contributed by atoms with Gasteiger partial charge in [0.2, 0.25) is 0 Å². The molecule has 2 aromatic rings. The third kappa shape index (κ3) is 3.45. The Kier molecular flexibility index (Phi) is 4.90. The van der Waals surface area contributed by atoms with Crippen molar-refractivity contribution in [1.29, 1.82) is 0 Å². The van der Waals surface area contributed by atoms with Crippen LogP contribution in [-0.2, 0) is 6.54 Å². The monoisotopic (exact) mass is 335 g/mol. The van der Waals surface area contributed by atoms with Gasteiger partial charge in [-0.1, -0.05) is 30.3 Å². The summed E-state index contributed by atoms with van der Waals surface area (Å²) in [7, 11) is 0. The van der Waals surface area contributed by atoms with E-state index in [-0.39, 0.29) is 11.7 Å². The van der Waals surface area contributed by atoms with Crippen molar-refractivity contribution in [3.63, 3.8) is 0 Å². The molecule has 0 aliphatic rings. The van der Waals surface area contributed by atoms with E-state index in [4.69, 9.17) is 0 Å². The van der Waals surface area contributed by atoms with Crippen LogP contribution < -0.4 is 0 Å². The Morgan fingerprint density at radius 1 is 1.20 bits per heavy atom. The van der Waals surface area contributed by atoms with E-state index in [0.29, 0.717) is 23.1 Å². The normalized spacial score (nSPS) is 10.3. The number of carbonyl (C=O) groups excluding carboxylic acids is 1. The predicted octanol–water partition coefficient (Wildman–Crippen LogP) is 4.25. The summed E-state index contributed by atoms with van der Waals surface area (Å²) in [6, 6.07) is 14.1. The van der Waals surface area contributed by atoms with E-state index in [1.807, 2.05) is 37.3 Å². The zero-order chi connectivity index (χ0) is 14.5. The molecule has 2 aromatic carbocycles. The van der Waals surface area contributed by atoms with Crippen LogP contribution in [0.5, 0.6) is 0 Å². The summed E-state index contributed by atoms with van der Waals surface area (Å²) in [5.74, 6) is -0.468. The third-order valence-corrected chi connectivity index (χ3v) is 3.66. The maximum atomic E-state index is 13.2. The van der Waals surface area contributed by atoms with E-state index in [1.165, 1.54) is 18.2 Å². The first-order valence-corrected chi connectivity index (χ1v) is 7.19. The van der Waals surface area contributed by atoms with Crippen molar-refractivity contribution in [2.24, 2.45) is 0 Å². The molecule has 0 saturated carbocycles. The highest BCUT2D eigenvalue weighted by molar-refractivity contribution is 9.10. The Bertz CT molecular complexity index is 601. The van der Waals surface area contributed by atoms with E-state index in [9.17, 15) is 9.18 Å². The number of carbonyl (C=O) groups is 1. The smallest absolute Gasteiger partial charge is 0.254 e. The highest BCUT2D eigenvalue weighted by atomic mass is 79.9. The molecule has 0 aliphatic carbocycles. The fraction of sp³-hybridized carbons (Fsp3) is 0.188. The zero-order valence-electron chi connectivity index (χ0n) is 11.1. The second-order valence-electron chi connectivity index (χ2n) is 4.43. The molecule has 0 aliphatic heterocycles. The summed E-state index contributed by atoms with van der Waals surface area (Å²) in [6.45, 7) is 3.08. The lowest BCUT2D eigenvalue weighted by molar-refractivity contribution is 0.0752. The van der Waals surface area contributed by atoms with Crippen LogP contribution in [0.4, 0.5) is 4.39 Å². The van der Waals surface area contributed by atoms with Gasteiger partial charge in [-0.15, -0.1) is 0 Å². The fourth-order valence-corrected chi connectivity index (χ4v) is 2.32. The molecule has 4 heteroatoms. The van der Waals surface area contributed by atoms with Crippen molar-refractivity contribution in [3.8, 4) is 0 Å². The topological polar surface area (TPSA) is 20.3 Å². The second-order valence-corrected chi connectivity index (χ2v) is 5.29. The largest absolute Gasteiger partial charge is 0.335 e. The van der Waals surface area contributed by atoms with Gasteiger partial charge in [-0.05, 0) is 46.6 Å². The summed E-state index contributed by atoms with van der Waals surface area (Å²) < 4.78 is 13.5. The highest BCUT2D eigenvalue weighted by Crippen LogP contribution is 2.18. The molecular formula is C16H15BrFNO. The molecule has 20 heavy (non-hydrogen) atoms. The van der Waals surface area contributed by atoms with Gasteiger partial charge in [0, 0.05) is 18.7 Å². The molecule has 104 valence electrons. The van der Waals surface area contributed by atoms with Crippen LogP contribution in [0, 0.1) is 5.82 Å². The van der Waals surface area contributed by atoms with Crippen molar-refractivity contribution in [3.05, 3.63) is 69.9 Å². The van der Waals surface area contributed by atoms with E-state index < -0.39 is 0 Å². The van der Waals surface area contributed by atoms with Crippen LogP contribution in [0.1, 0.15) is 22.8 Å². The van der Waals surface area contributed by atoms with Gasteiger partial charge in [0.05, 0.1) is 4.47 Å². The Hall–Kier alpha value is -1.68. The Labute approximate surface area is 126 Å². The predicted molar refractivity (Wildman–Crippen MR) is 81.0 cm³/mol. The average Bonchev–Trinajstić information content (AvgIpc) is 2.48. The quantitative estimate of drug-likeness (QED) is 0.817. The number of hydrogen-bond donors (Lipinski definition) is 0. The van der Waals surface area contributed by atoms with Crippen molar-refractivity contribution >= 4 is 21.8 Å². The van der Waals surface area contributed by atoms with Crippen LogP contribution in [0.3, 0.4) is 0 Å². The first kappa shape index (κ1) is 14.7. The van der Waals surface area contributed by atoms with Crippen molar-refractivity contribution < 1.29 is 9.18 Å². The Balaban J connectivity index is 2.18. The SMILES string of the molecule is CCN(Cc1ccccc1)C(=O)c1ccc(F)c(Br)c1. The molecule has 0 bridgehead atoms. The van der Waals surface area contributed by atoms with Gasteiger partial charge < -0.3 is 4.90 Å². The van der Waals surface area contributed by atoms with Gasteiger partial charge in [-0.3, -0.25) is 4.79 Å². The lowest BCUT2D eigenvalue weighted by atomic mass is 10.1. The second kappa shape index (κ2) is 6.66. The molecule has 0 radical (unpaired) electrons. The van der Waals surface area contributed by atoms with Crippen molar-refractivity contribution in [1.82, 2.24) is 4.90 Å². The van der Waals surface area contributed by atoms with Crippen LogP contribution in [0.25, 0.3) is 0 Å². The number of amides is 1. The molecule has 0 unspecified atom stereocenters. The van der Waals surface area contributed by atoms with E-state index >= 15 is 0 Å². The van der Waals surface area contributed by atoms with E-state index in [1.54, 1.807) is 4.90 Å². The molecule has 1 amide bonds. The number of benzene rings is 2. The molecule has 2 rings (SSSR count). The van der Waals surface area contributed by atoms with Gasteiger partial charge in [0.25, 0.3) is 5.91 Å². The van der Waals surface area contributed by atoms with Crippen LogP contribution in [0.15, 0.2) is 53.0 Å². The lowest BCUT2D eigenvalue weighted by Gasteiger charge is -2.21. The van der Waals surface area contributed by atoms with Gasteiger partial charge in [-0.25, -0.2) is 4.39 Å². The maximum absolute atomic E-state index is 13.2. The summed E-state index contributed by atoms with van der Waals surface area (Å²) >= 11 is 3.11. The third-order valence-electron chi connectivity index (χ3n) is 3.05. The number of hydrogen-bond acceptors (Lipinski definition) is 1. The fourth-order valence-electron chi connectivity index (χ4n) is 1.94. The van der Waals surface area contributed by atoms with Crippen molar-refractivity contribution in [2.45, 2.75) is 13.5 Å². The summed E-state index contributed by atoms with van der Waals surface area (Å²) in [5.41, 5.74) is 1.56. The van der Waals surface area contributed by atoms with Crippen LogP contribution in [0.2, 0.25) is 0 Å². The van der Waals surface area contributed by atoms with Crippen LogP contribution >= 0.6 is 15.9 Å². The summed E-state index contributed by atoms with van der Waals surface area (Å²) in [5, 5.41) is 0. The minimum atomic E-state index is -0.368.